The third-order valence-corrected chi connectivity index (χ3v) is 4.89. The Morgan fingerprint density at radius 2 is 2.13 bits per heavy atom. The second kappa shape index (κ2) is 4.86. The van der Waals surface area contributed by atoms with Gasteiger partial charge in [0.2, 0.25) is 0 Å². The Morgan fingerprint density at radius 3 is 2.96 bits per heavy atom. The first-order valence-corrected chi connectivity index (χ1v) is 7.88. The predicted octanol–water partition coefficient (Wildman–Crippen LogP) is 3.17. The number of carbonyl (C=O) groups excluding carboxylic acids is 1. The van der Waals surface area contributed by atoms with Crippen molar-refractivity contribution in [3.63, 3.8) is 0 Å². The summed E-state index contributed by atoms with van der Waals surface area (Å²) in [5.41, 5.74) is 3.15. The third kappa shape index (κ3) is 2.00. The van der Waals surface area contributed by atoms with Crippen molar-refractivity contribution < 1.29 is 4.79 Å². The topological polar surface area (TPSA) is 60.2 Å². The van der Waals surface area contributed by atoms with Crippen molar-refractivity contribution in [2.45, 2.75) is 32.1 Å². The van der Waals surface area contributed by atoms with Gasteiger partial charge in [-0.05, 0) is 38.8 Å². The SMILES string of the molecule is Cc1cnc(C2(C)CCc3nc(Cl)ccc3C2=O)c2nccn12. The van der Waals surface area contributed by atoms with Crippen LogP contribution in [0.1, 0.15) is 40.8 Å². The minimum atomic E-state index is -0.706. The van der Waals surface area contributed by atoms with E-state index in [1.165, 1.54) is 0 Å². The Balaban J connectivity index is 1.91. The Labute approximate surface area is 138 Å². The molecule has 1 aliphatic rings. The zero-order valence-corrected chi connectivity index (χ0v) is 13.6. The van der Waals surface area contributed by atoms with Crippen LogP contribution in [0.3, 0.4) is 0 Å². The molecule has 1 atom stereocenters. The van der Waals surface area contributed by atoms with Gasteiger partial charge < -0.3 is 4.40 Å². The van der Waals surface area contributed by atoms with Crippen LogP contribution >= 0.6 is 11.6 Å². The summed E-state index contributed by atoms with van der Waals surface area (Å²) in [5.74, 6) is 0.0316. The minimum absolute atomic E-state index is 0.0316. The quantitative estimate of drug-likeness (QED) is 0.644. The van der Waals surface area contributed by atoms with Gasteiger partial charge in [-0.25, -0.2) is 9.97 Å². The fourth-order valence-electron chi connectivity index (χ4n) is 3.31. The summed E-state index contributed by atoms with van der Waals surface area (Å²) in [6, 6.07) is 3.43. The molecule has 116 valence electrons. The summed E-state index contributed by atoms with van der Waals surface area (Å²) in [6.07, 6.45) is 6.75. The number of hydrogen-bond donors (Lipinski definition) is 0. The first-order valence-electron chi connectivity index (χ1n) is 7.50. The van der Waals surface area contributed by atoms with E-state index in [4.69, 9.17) is 11.6 Å². The smallest absolute Gasteiger partial charge is 0.176 e. The van der Waals surface area contributed by atoms with E-state index in [-0.39, 0.29) is 5.78 Å². The van der Waals surface area contributed by atoms with Crippen molar-refractivity contribution in [1.82, 2.24) is 19.4 Å². The molecule has 0 radical (unpaired) electrons. The standard InChI is InChI=1S/C17H15ClN4O/c1-10-9-20-14(16-19-7-8-22(10)16)17(2)6-5-12-11(15(17)23)3-4-13(18)21-12/h3-4,7-9H,5-6H2,1-2H3. The molecule has 1 aliphatic carbocycles. The van der Waals surface area contributed by atoms with Gasteiger partial charge in [-0.1, -0.05) is 11.6 Å². The zero-order chi connectivity index (χ0) is 16.2. The van der Waals surface area contributed by atoms with Crippen LogP contribution in [0.15, 0.2) is 30.7 Å². The van der Waals surface area contributed by atoms with E-state index in [2.05, 4.69) is 15.0 Å². The fourth-order valence-corrected chi connectivity index (χ4v) is 3.47. The molecule has 0 aromatic carbocycles. The van der Waals surface area contributed by atoms with E-state index in [1.54, 1.807) is 24.5 Å². The van der Waals surface area contributed by atoms with E-state index in [0.29, 0.717) is 23.6 Å². The molecule has 0 saturated heterocycles. The summed E-state index contributed by atoms with van der Waals surface area (Å²) < 4.78 is 1.97. The average Bonchev–Trinajstić information content (AvgIpc) is 3.02. The first kappa shape index (κ1) is 14.3. The molecule has 6 heteroatoms. The number of pyridine rings is 1. The van der Waals surface area contributed by atoms with Crippen molar-refractivity contribution in [1.29, 1.82) is 0 Å². The maximum atomic E-state index is 13.1. The Kier molecular flexibility index (Phi) is 3.03. The maximum Gasteiger partial charge on any atom is 0.176 e. The highest BCUT2D eigenvalue weighted by Gasteiger charge is 2.43. The van der Waals surface area contributed by atoms with Gasteiger partial charge in [0.1, 0.15) is 5.15 Å². The van der Waals surface area contributed by atoms with Gasteiger partial charge in [0.25, 0.3) is 0 Å². The van der Waals surface area contributed by atoms with Crippen LogP contribution in [0.5, 0.6) is 0 Å². The van der Waals surface area contributed by atoms with E-state index in [0.717, 1.165) is 22.7 Å². The van der Waals surface area contributed by atoms with Gasteiger partial charge in [-0.15, -0.1) is 0 Å². The Bertz CT molecular complexity index is 949. The lowest BCUT2D eigenvalue weighted by Crippen LogP contribution is -2.39. The van der Waals surface area contributed by atoms with Gasteiger partial charge in [-0.3, -0.25) is 9.78 Å². The Morgan fingerprint density at radius 1 is 1.30 bits per heavy atom. The van der Waals surface area contributed by atoms with E-state index in [1.807, 2.05) is 24.4 Å². The number of fused-ring (bicyclic) bond motifs is 2. The highest BCUT2D eigenvalue weighted by Crippen LogP contribution is 2.38. The van der Waals surface area contributed by atoms with Crippen LogP contribution in [0, 0.1) is 6.92 Å². The number of carbonyl (C=O) groups is 1. The number of Topliss-reactive ketones (excluding diaryl/α,β-unsaturated/α-hetero) is 1. The second-order valence-electron chi connectivity index (χ2n) is 6.16. The zero-order valence-electron chi connectivity index (χ0n) is 12.9. The lowest BCUT2D eigenvalue weighted by molar-refractivity contribution is 0.0871. The fraction of sp³-hybridized carbons (Fsp3) is 0.294. The molecule has 5 nitrogen and oxygen atoms in total. The van der Waals surface area contributed by atoms with Crippen molar-refractivity contribution in [2.24, 2.45) is 0 Å². The minimum Gasteiger partial charge on any atom is -0.301 e. The monoisotopic (exact) mass is 326 g/mol. The van der Waals surface area contributed by atoms with E-state index in [9.17, 15) is 4.79 Å². The van der Waals surface area contributed by atoms with Crippen molar-refractivity contribution in [3.05, 3.63) is 58.5 Å². The van der Waals surface area contributed by atoms with Crippen LogP contribution in [0.2, 0.25) is 5.15 Å². The summed E-state index contributed by atoms with van der Waals surface area (Å²) in [5, 5.41) is 0.421. The number of ketones is 1. The average molecular weight is 327 g/mol. The number of aromatic nitrogens is 4. The highest BCUT2D eigenvalue weighted by atomic mass is 35.5. The van der Waals surface area contributed by atoms with Crippen LogP contribution < -0.4 is 0 Å². The predicted molar refractivity (Wildman–Crippen MR) is 87.0 cm³/mol. The molecular formula is C17H15ClN4O. The van der Waals surface area contributed by atoms with Crippen LogP contribution in [0.25, 0.3) is 5.65 Å². The molecular weight excluding hydrogens is 312 g/mol. The highest BCUT2D eigenvalue weighted by molar-refractivity contribution is 6.29. The molecule has 0 amide bonds. The van der Waals surface area contributed by atoms with Gasteiger partial charge in [0, 0.05) is 29.8 Å². The molecule has 0 spiro atoms. The molecule has 23 heavy (non-hydrogen) atoms. The molecule has 0 bridgehead atoms. The second-order valence-corrected chi connectivity index (χ2v) is 6.55. The van der Waals surface area contributed by atoms with Gasteiger partial charge >= 0.3 is 0 Å². The molecule has 3 heterocycles. The number of aryl methyl sites for hydroxylation is 2. The van der Waals surface area contributed by atoms with E-state index >= 15 is 0 Å². The molecule has 0 N–H and O–H groups in total. The van der Waals surface area contributed by atoms with Gasteiger partial charge in [0.05, 0.1) is 16.8 Å². The van der Waals surface area contributed by atoms with Crippen LogP contribution in [0.4, 0.5) is 0 Å². The number of imidazole rings is 1. The number of halogens is 1. The van der Waals surface area contributed by atoms with Crippen molar-refractivity contribution in [2.75, 3.05) is 0 Å². The molecule has 4 rings (SSSR count). The van der Waals surface area contributed by atoms with Gasteiger partial charge in [0.15, 0.2) is 11.4 Å². The number of rotatable bonds is 1. The molecule has 1 unspecified atom stereocenters. The third-order valence-electron chi connectivity index (χ3n) is 4.68. The molecule has 0 aliphatic heterocycles. The van der Waals surface area contributed by atoms with Crippen LogP contribution in [-0.4, -0.2) is 25.1 Å². The molecule has 3 aromatic heterocycles. The summed E-state index contributed by atoms with van der Waals surface area (Å²) in [7, 11) is 0. The summed E-state index contributed by atoms with van der Waals surface area (Å²) >= 11 is 5.95. The normalized spacial score (nSPS) is 20.7. The molecule has 0 fully saturated rings. The lowest BCUT2D eigenvalue weighted by atomic mass is 9.71. The van der Waals surface area contributed by atoms with Crippen molar-refractivity contribution in [3.8, 4) is 0 Å². The molecule has 0 saturated carbocycles. The Hall–Kier alpha value is -2.27. The summed E-state index contributed by atoms with van der Waals surface area (Å²) in [4.78, 5) is 26.4. The van der Waals surface area contributed by atoms with E-state index < -0.39 is 5.41 Å². The molecule has 3 aromatic rings. The van der Waals surface area contributed by atoms with Gasteiger partial charge in [-0.2, -0.15) is 0 Å². The van der Waals surface area contributed by atoms with Crippen LogP contribution in [-0.2, 0) is 11.8 Å². The lowest BCUT2D eigenvalue weighted by Gasteiger charge is -2.32. The number of nitrogens with zero attached hydrogens (tertiary/aromatic N) is 4. The largest absolute Gasteiger partial charge is 0.301 e. The van der Waals surface area contributed by atoms with Crippen molar-refractivity contribution >= 4 is 23.0 Å². The maximum absolute atomic E-state index is 13.1. The first-order chi connectivity index (χ1) is 11.0. The number of hydrogen-bond acceptors (Lipinski definition) is 4. The summed E-state index contributed by atoms with van der Waals surface area (Å²) in [6.45, 7) is 3.91.